The smallest absolute Gasteiger partial charge is 0.271 e. The molecule has 0 atom stereocenters. The molecule has 2 aromatic rings. The maximum atomic E-state index is 12.9. The first-order valence-electron chi connectivity index (χ1n) is 10.5. The van der Waals surface area contributed by atoms with Gasteiger partial charge in [0.2, 0.25) is 11.7 Å². The molecule has 1 N–H and O–H groups in total. The van der Waals surface area contributed by atoms with Crippen molar-refractivity contribution >= 4 is 5.78 Å². The van der Waals surface area contributed by atoms with Crippen molar-refractivity contribution < 1.29 is 14.6 Å². The second-order valence-electron chi connectivity index (χ2n) is 8.21. The van der Waals surface area contributed by atoms with Crippen molar-refractivity contribution in [2.75, 3.05) is 6.61 Å². The van der Waals surface area contributed by atoms with E-state index >= 15 is 0 Å². The topological polar surface area (TPSA) is 92.3 Å². The third kappa shape index (κ3) is 4.25. The number of carbonyl (C=O) groups excluding carboxylic acids is 1. The molecular weight excluding hydrogens is 380 g/mol. The number of hydrogen-bond acceptors (Lipinski definition) is 5. The molecule has 0 unspecified atom stereocenters. The summed E-state index contributed by atoms with van der Waals surface area (Å²) in [6.45, 7) is 5.43. The van der Waals surface area contributed by atoms with Gasteiger partial charge in [0, 0.05) is 6.04 Å². The number of nitriles is 1. The summed E-state index contributed by atoms with van der Waals surface area (Å²) in [4.78, 5) is 25.8. The van der Waals surface area contributed by atoms with Crippen LogP contribution in [0.25, 0.3) is 0 Å². The van der Waals surface area contributed by atoms with Crippen LogP contribution in [0.3, 0.4) is 0 Å². The van der Waals surface area contributed by atoms with Gasteiger partial charge in [0.25, 0.3) is 5.56 Å². The summed E-state index contributed by atoms with van der Waals surface area (Å²) in [5.74, 6) is 0.127. The van der Waals surface area contributed by atoms with E-state index in [0.29, 0.717) is 11.7 Å². The molecule has 1 aromatic heterocycles. The van der Waals surface area contributed by atoms with E-state index in [9.17, 15) is 20.0 Å². The molecule has 0 aliphatic heterocycles. The highest BCUT2D eigenvalue weighted by atomic mass is 16.5. The van der Waals surface area contributed by atoms with Crippen molar-refractivity contribution in [1.82, 2.24) is 4.57 Å². The third-order valence-corrected chi connectivity index (χ3v) is 5.88. The Morgan fingerprint density at radius 3 is 2.43 bits per heavy atom. The number of aromatic hydroxyl groups is 1. The molecule has 0 radical (unpaired) electrons. The van der Waals surface area contributed by atoms with Crippen LogP contribution in [0, 0.1) is 18.3 Å². The van der Waals surface area contributed by atoms with Crippen molar-refractivity contribution in [1.29, 1.82) is 5.26 Å². The lowest BCUT2D eigenvalue weighted by Crippen LogP contribution is -2.31. The number of ketones is 1. The number of ether oxygens (including phenoxy) is 1. The average Bonchev–Trinajstić information content (AvgIpc) is 2.73. The minimum atomic E-state index is -0.527. The fraction of sp³-hybridized carbons (Fsp3) is 0.458. The van der Waals surface area contributed by atoms with Crippen molar-refractivity contribution in [3.8, 4) is 17.7 Å². The van der Waals surface area contributed by atoms with Gasteiger partial charge in [-0.1, -0.05) is 45.2 Å². The van der Waals surface area contributed by atoms with E-state index in [1.54, 1.807) is 12.1 Å². The lowest BCUT2D eigenvalue weighted by Gasteiger charge is -2.26. The van der Waals surface area contributed by atoms with Gasteiger partial charge in [-0.05, 0) is 48.9 Å². The molecule has 1 aliphatic carbocycles. The van der Waals surface area contributed by atoms with Crippen LogP contribution < -0.4 is 10.3 Å². The van der Waals surface area contributed by atoms with Gasteiger partial charge in [-0.15, -0.1) is 0 Å². The lowest BCUT2D eigenvalue weighted by molar-refractivity contribution is 0.0915. The standard InChI is InChI=1S/C24H28N2O4/c1-15(2)17-9-11-19(12-10-17)30-14-21(27)22-16(3)20(13-25)23(28)26(24(22)29)18-7-5-4-6-8-18/h9-12,15,18,29H,4-8,14H2,1-3H3. The largest absolute Gasteiger partial charge is 0.494 e. The molecular formula is C24H28N2O4. The Morgan fingerprint density at radius 1 is 1.23 bits per heavy atom. The number of carbonyl (C=O) groups is 1. The molecule has 1 fully saturated rings. The predicted octanol–water partition coefficient (Wildman–Crippen LogP) is 4.62. The van der Waals surface area contributed by atoms with Gasteiger partial charge in [-0.25, -0.2) is 0 Å². The monoisotopic (exact) mass is 408 g/mol. The molecule has 1 aliphatic rings. The van der Waals surface area contributed by atoms with Gasteiger partial charge in [0.15, 0.2) is 6.61 Å². The second-order valence-corrected chi connectivity index (χ2v) is 8.21. The molecule has 1 saturated carbocycles. The number of benzene rings is 1. The van der Waals surface area contributed by atoms with Crippen molar-refractivity contribution in [3.05, 3.63) is 56.9 Å². The van der Waals surface area contributed by atoms with Crippen molar-refractivity contribution in [3.63, 3.8) is 0 Å². The number of pyridine rings is 1. The zero-order valence-corrected chi connectivity index (χ0v) is 17.8. The quantitative estimate of drug-likeness (QED) is 0.704. The van der Waals surface area contributed by atoms with Crippen LogP contribution in [0.1, 0.15) is 85.0 Å². The molecule has 158 valence electrons. The fourth-order valence-electron chi connectivity index (χ4n) is 4.10. The van der Waals surface area contributed by atoms with Gasteiger partial charge >= 0.3 is 0 Å². The van der Waals surface area contributed by atoms with Gasteiger partial charge < -0.3 is 9.84 Å². The molecule has 1 aromatic carbocycles. The summed E-state index contributed by atoms with van der Waals surface area (Å²) in [5, 5.41) is 20.4. The highest BCUT2D eigenvalue weighted by Crippen LogP contribution is 2.33. The lowest BCUT2D eigenvalue weighted by atomic mass is 9.93. The van der Waals surface area contributed by atoms with Crippen molar-refractivity contribution in [2.24, 2.45) is 0 Å². The number of aromatic nitrogens is 1. The van der Waals surface area contributed by atoms with Gasteiger partial charge in [-0.3, -0.25) is 14.2 Å². The van der Waals surface area contributed by atoms with E-state index in [1.165, 1.54) is 17.1 Å². The van der Waals surface area contributed by atoms with E-state index in [1.807, 2.05) is 18.2 Å². The van der Waals surface area contributed by atoms with Crippen LogP contribution in [0.4, 0.5) is 0 Å². The molecule has 0 spiro atoms. The van der Waals surface area contributed by atoms with Crippen LogP contribution in [-0.2, 0) is 0 Å². The van der Waals surface area contributed by atoms with E-state index in [0.717, 1.165) is 32.1 Å². The normalized spacial score (nSPS) is 14.5. The van der Waals surface area contributed by atoms with Gasteiger partial charge in [0.1, 0.15) is 17.4 Å². The molecule has 3 rings (SSSR count). The van der Waals surface area contributed by atoms with Crippen LogP contribution in [0.2, 0.25) is 0 Å². The van der Waals surface area contributed by atoms with E-state index in [-0.39, 0.29) is 35.2 Å². The average molecular weight is 408 g/mol. The number of rotatable bonds is 6. The summed E-state index contributed by atoms with van der Waals surface area (Å²) in [7, 11) is 0. The maximum Gasteiger partial charge on any atom is 0.271 e. The molecule has 6 heteroatoms. The Labute approximate surface area is 176 Å². The highest BCUT2D eigenvalue weighted by molar-refractivity contribution is 6.01. The fourth-order valence-corrected chi connectivity index (χ4v) is 4.10. The summed E-state index contributed by atoms with van der Waals surface area (Å²) in [5.41, 5.74) is 0.746. The minimum absolute atomic E-state index is 0.00414. The molecule has 0 saturated heterocycles. The highest BCUT2D eigenvalue weighted by Gasteiger charge is 2.28. The second kappa shape index (κ2) is 9.17. The first-order valence-corrected chi connectivity index (χ1v) is 10.5. The Bertz CT molecular complexity index is 1020. The Morgan fingerprint density at radius 2 is 1.87 bits per heavy atom. The summed E-state index contributed by atoms with van der Waals surface area (Å²) in [6, 6.07) is 9.23. The van der Waals surface area contributed by atoms with Crippen molar-refractivity contribution in [2.45, 2.75) is 64.8 Å². The van der Waals surface area contributed by atoms with E-state index in [4.69, 9.17) is 4.74 Å². The van der Waals surface area contributed by atoms with Crippen LogP contribution in [0.5, 0.6) is 11.6 Å². The number of nitrogens with zero attached hydrogens (tertiary/aromatic N) is 2. The molecule has 0 amide bonds. The Kier molecular flexibility index (Phi) is 6.61. The SMILES string of the molecule is Cc1c(C(=O)COc2ccc(C(C)C)cc2)c(O)n(C2CCCCC2)c(=O)c1C#N. The van der Waals surface area contributed by atoms with Gasteiger partial charge in [-0.2, -0.15) is 5.26 Å². The molecule has 30 heavy (non-hydrogen) atoms. The summed E-state index contributed by atoms with van der Waals surface area (Å²) >= 11 is 0. The van der Waals surface area contributed by atoms with Crippen LogP contribution in [0.15, 0.2) is 29.1 Å². The first kappa shape index (κ1) is 21.6. The third-order valence-electron chi connectivity index (χ3n) is 5.88. The van der Waals surface area contributed by atoms with E-state index in [2.05, 4.69) is 13.8 Å². The zero-order chi connectivity index (χ0) is 21.8. The molecule has 1 heterocycles. The Hall–Kier alpha value is -3.07. The first-order chi connectivity index (χ1) is 14.3. The molecule has 6 nitrogen and oxygen atoms in total. The van der Waals surface area contributed by atoms with E-state index < -0.39 is 11.3 Å². The summed E-state index contributed by atoms with van der Waals surface area (Å²) in [6.07, 6.45) is 4.47. The maximum absolute atomic E-state index is 12.9. The Balaban J connectivity index is 1.91. The minimum Gasteiger partial charge on any atom is -0.494 e. The molecule has 0 bridgehead atoms. The summed E-state index contributed by atoms with van der Waals surface area (Å²) < 4.78 is 6.87. The zero-order valence-electron chi connectivity index (χ0n) is 17.8. The van der Waals surface area contributed by atoms with Crippen LogP contribution >= 0.6 is 0 Å². The van der Waals surface area contributed by atoms with Gasteiger partial charge in [0.05, 0.1) is 5.56 Å². The van der Waals surface area contributed by atoms with Crippen LogP contribution in [-0.4, -0.2) is 22.1 Å². The number of hydrogen-bond donors (Lipinski definition) is 1. The predicted molar refractivity (Wildman–Crippen MR) is 114 cm³/mol. The number of Topliss-reactive ketones (excluding diaryl/α,β-unsaturated/α-hetero) is 1.